The fraction of sp³-hybridized carbons (Fsp3) is 0.143. The Balaban J connectivity index is 1.94. The third-order valence-corrected chi connectivity index (χ3v) is 5.12. The minimum absolute atomic E-state index is 0.518. The number of rotatable bonds is 5. The van der Waals surface area contributed by atoms with Crippen molar-refractivity contribution >= 4 is 40.3 Å². The Kier molecular flexibility index (Phi) is 5.80. The first kappa shape index (κ1) is 19.0. The highest BCUT2D eigenvalue weighted by atomic mass is 35.5. The van der Waals surface area contributed by atoms with E-state index in [0.29, 0.717) is 21.4 Å². The number of halogens is 1. The summed E-state index contributed by atoms with van der Waals surface area (Å²) in [6.07, 6.45) is 1.84. The van der Waals surface area contributed by atoms with Crippen molar-refractivity contribution in [2.45, 2.75) is 0 Å². The van der Waals surface area contributed by atoms with Gasteiger partial charge >= 0.3 is 0 Å². The molecule has 0 atom stereocenters. The van der Waals surface area contributed by atoms with Gasteiger partial charge in [0.2, 0.25) is 0 Å². The number of methoxy groups -OCH3 is 1. The molecule has 0 aliphatic carbocycles. The zero-order valence-electron chi connectivity index (χ0n) is 15.2. The highest BCUT2D eigenvalue weighted by Crippen LogP contribution is 2.34. The first-order chi connectivity index (χ1) is 13.0. The van der Waals surface area contributed by atoms with Crippen LogP contribution < -0.4 is 9.64 Å². The Bertz CT molecular complexity index is 1020. The zero-order chi connectivity index (χ0) is 19.4. The van der Waals surface area contributed by atoms with E-state index >= 15 is 0 Å². The van der Waals surface area contributed by atoms with Crippen molar-refractivity contribution in [3.63, 3.8) is 0 Å². The summed E-state index contributed by atoms with van der Waals surface area (Å²) in [6, 6.07) is 15.7. The Morgan fingerprint density at radius 1 is 1.22 bits per heavy atom. The molecular weight excluding hydrogens is 378 g/mol. The lowest BCUT2D eigenvalue weighted by molar-refractivity contribution is 0.416. The van der Waals surface area contributed by atoms with E-state index in [1.807, 2.05) is 66.8 Å². The number of ether oxygens (including phenoxy) is 1. The van der Waals surface area contributed by atoms with E-state index in [4.69, 9.17) is 16.3 Å². The fourth-order valence-corrected chi connectivity index (χ4v) is 3.54. The molecular formula is C21H18ClN3OS. The smallest absolute Gasteiger partial charge is 0.134 e. The summed E-state index contributed by atoms with van der Waals surface area (Å²) in [5.41, 5.74) is 4.12. The van der Waals surface area contributed by atoms with Gasteiger partial charge in [-0.15, -0.1) is 11.3 Å². The topological polar surface area (TPSA) is 49.1 Å². The summed E-state index contributed by atoms with van der Waals surface area (Å²) in [5, 5.41) is 12.8. The maximum Gasteiger partial charge on any atom is 0.134 e. The second kappa shape index (κ2) is 8.26. The fourth-order valence-electron chi connectivity index (χ4n) is 2.58. The first-order valence-corrected chi connectivity index (χ1v) is 9.46. The van der Waals surface area contributed by atoms with Crippen molar-refractivity contribution in [1.29, 1.82) is 5.26 Å². The van der Waals surface area contributed by atoms with E-state index in [-0.39, 0.29) is 0 Å². The van der Waals surface area contributed by atoms with Crippen molar-refractivity contribution in [1.82, 2.24) is 4.98 Å². The molecule has 0 aliphatic rings. The van der Waals surface area contributed by atoms with Gasteiger partial charge < -0.3 is 9.64 Å². The molecule has 0 N–H and O–H groups in total. The van der Waals surface area contributed by atoms with E-state index in [1.165, 1.54) is 11.3 Å². The molecule has 0 bridgehead atoms. The van der Waals surface area contributed by atoms with Gasteiger partial charge in [0.1, 0.15) is 16.8 Å². The Morgan fingerprint density at radius 3 is 2.59 bits per heavy atom. The van der Waals surface area contributed by atoms with Crippen LogP contribution in [0.15, 0.2) is 47.8 Å². The minimum Gasteiger partial charge on any atom is -0.496 e. The predicted molar refractivity (Wildman–Crippen MR) is 113 cm³/mol. The highest BCUT2D eigenvalue weighted by Gasteiger charge is 2.13. The largest absolute Gasteiger partial charge is 0.496 e. The van der Waals surface area contributed by atoms with E-state index in [9.17, 15) is 5.26 Å². The molecule has 0 fully saturated rings. The normalized spacial score (nSPS) is 11.1. The lowest BCUT2D eigenvalue weighted by atomic mass is 10.1. The predicted octanol–water partition coefficient (Wildman–Crippen LogP) is 5.60. The third kappa shape index (κ3) is 4.30. The number of hydrogen-bond acceptors (Lipinski definition) is 5. The summed E-state index contributed by atoms with van der Waals surface area (Å²) in [6.45, 7) is 0. The molecule has 0 saturated heterocycles. The Labute approximate surface area is 167 Å². The van der Waals surface area contributed by atoms with Gasteiger partial charge in [0, 0.05) is 35.7 Å². The molecule has 136 valence electrons. The van der Waals surface area contributed by atoms with Crippen molar-refractivity contribution < 1.29 is 4.74 Å². The van der Waals surface area contributed by atoms with Gasteiger partial charge in [0.25, 0.3) is 0 Å². The zero-order valence-corrected chi connectivity index (χ0v) is 16.8. The first-order valence-electron chi connectivity index (χ1n) is 8.21. The van der Waals surface area contributed by atoms with Crippen molar-refractivity contribution in [2.24, 2.45) is 0 Å². The lowest BCUT2D eigenvalue weighted by Gasteiger charge is -2.11. The van der Waals surface area contributed by atoms with Crippen LogP contribution in [-0.2, 0) is 0 Å². The number of benzene rings is 2. The van der Waals surface area contributed by atoms with Crippen LogP contribution in [0.25, 0.3) is 22.9 Å². The second-order valence-corrected chi connectivity index (χ2v) is 7.33. The monoisotopic (exact) mass is 395 g/mol. The van der Waals surface area contributed by atoms with E-state index in [0.717, 1.165) is 22.5 Å². The lowest BCUT2D eigenvalue weighted by Crippen LogP contribution is -2.07. The van der Waals surface area contributed by atoms with Crippen molar-refractivity contribution in [2.75, 3.05) is 26.1 Å². The molecule has 1 heterocycles. The Hall–Kier alpha value is -2.81. The van der Waals surface area contributed by atoms with Gasteiger partial charge in [-0.1, -0.05) is 23.7 Å². The van der Waals surface area contributed by atoms with Gasteiger partial charge in [-0.25, -0.2) is 4.98 Å². The molecule has 0 saturated carbocycles. The van der Waals surface area contributed by atoms with Gasteiger partial charge in [-0.3, -0.25) is 0 Å². The number of allylic oxidation sites excluding steroid dienone is 1. The quantitative estimate of drug-likeness (QED) is 0.527. The van der Waals surface area contributed by atoms with Crippen LogP contribution >= 0.6 is 22.9 Å². The number of anilines is 1. The van der Waals surface area contributed by atoms with Crippen LogP contribution in [0, 0.1) is 11.3 Å². The summed E-state index contributed by atoms with van der Waals surface area (Å²) in [5.74, 6) is 0.693. The molecule has 1 aromatic heterocycles. The summed E-state index contributed by atoms with van der Waals surface area (Å²) < 4.78 is 5.40. The minimum atomic E-state index is 0.518. The molecule has 0 unspecified atom stereocenters. The number of thiazole rings is 1. The maximum atomic E-state index is 9.60. The van der Waals surface area contributed by atoms with E-state index < -0.39 is 0 Å². The van der Waals surface area contributed by atoms with E-state index in [2.05, 4.69) is 11.1 Å². The van der Waals surface area contributed by atoms with Crippen LogP contribution in [0.3, 0.4) is 0 Å². The average Bonchev–Trinajstić information content (AvgIpc) is 3.16. The summed E-state index contributed by atoms with van der Waals surface area (Å²) in [4.78, 5) is 6.66. The molecule has 27 heavy (non-hydrogen) atoms. The van der Waals surface area contributed by atoms with Gasteiger partial charge in [-0.2, -0.15) is 5.26 Å². The van der Waals surface area contributed by atoms with Crippen molar-refractivity contribution in [3.8, 4) is 23.1 Å². The van der Waals surface area contributed by atoms with Crippen LogP contribution in [0.2, 0.25) is 5.02 Å². The molecule has 0 amide bonds. The number of nitrogens with zero attached hydrogens (tertiary/aromatic N) is 3. The van der Waals surface area contributed by atoms with Gasteiger partial charge in [-0.05, 0) is 42.0 Å². The highest BCUT2D eigenvalue weighted by molar-refractivity contribution is 7.11. The van der Waals surface area contributed by atoms with Crippen LogP contribution in [0.5, 0.6) is 5.75 Å². The van der Waals surface area contributed by atoms with Crippen LogP contribution in [0.4, 0.5) is 5.69 Å². The standard InChI is InChI=1S/C21H18ClN3OS/c1-25(2)17-7-4-14(5-8-17)10-15(12-23)21-24-19(13-27-21)18-11-16(22)6-9-20(18)26-3/h4-11,13H,1-3H3. The maximum absolute atomic E-state index is 9.60. The molecule has 6 heteroatoms. The second-order valence-electron chi connectivity index (χ2n) is 6.04. The Morgan fingerprint density at radius 2 is 1.96 bits per heavy atom. The number of aromatic nitrogens is 1. The molecule has 4 nitrogen and oxygen atoms in total. The molecule has 3 aromatic rings. The molecule has 3 rings (SSSR count). The molecule has 0 radical (unpaired) electrons. The van der Waals surface area contributed by atoms with Crippen LogP contribution in [0.1, 0.15) is 10.6 Å². The average molecular weight is 396 g/mol. The van der Waals surface area contributed by atoms with E-state index in [1.54, 1.807) is 13.2 Å². The van der Waals surface area contributed by atoms with Gasteiger partial charge in [0.15, 0.2) is 0 Å². The SMILES string of the molecule is COc1ccc(Cl)cc1-c1csc(C(C#N)=Cc2ccc(N(C)C)cc2)n1. The van der Waals surface area contributed by atoms with Crippen LogP contribution in [-0.4, -0.2) is 26.2 Å². The number of hydrogen-bond donors (Lipinski definition) is 0. The molecule has 0 spiro atoms. The molecule has 0 aliphatic heterocycles. The molecule has 2 aromatic carbocycles. The third-order valence-electron chi connectivity index (χ3n) is 4.01. The summed E-state index contributed by atoms with van der Waals surface area (Å²) in [7, 11) is 5.59. The number of nitriles is 1. The van der Waals surface area contributed by atoms with Crippen molar-refractivity contribution in [3.05, 3.63) is 63.4 Å². The van der Waals surface area contributed by atoms with Gasteiger partial charge in [0.05, 0.1) is 18.4 Å². The summed E-state index contributed by atoms with van der Waals surface area (Å²) >= 11 is 7.54.